The molecule has 0 aliphatic carbocycles. The normalized spacial score (nSPS) is 14.9. The number of nitrogens with zero attached hydrogens (tertiary/aromatic N) is 3. The average Bonchev–Trinajstić information content (AvgIpc) is 2.72. The van der Waals surface area contributed by atoms with E-state index in [0.717, 1.165) is 4.31 Å². The molecule has 0 atom stereocenters. The highest BCUT2D eigenvalue weighted by molar-refractivity contribution is 7.89. The van der Waals surface area contributed by atoms with Gasteiger partial charge in [0.2, 0.25) is 10.0 Å². The number of benzene rings is 1. The topological polar surface area (TPSA) is 89.0 Å². The number of pyridine rings is 1. The molecule has 28 heavy (non-hydrogen) atoms. The fourth-order valence-electron chi connectivity index (χ4n) is 2.83. The van der Waals surface area contributed by atoms with Crippen molar-refractivity contribution < 1.29 is 22.7 Å². The number of carbonyl (C=O) groups is 1. The number of sulfonamides is 1. The second kappa shape index (κ2) is 8.68. The summed E-state index contributed by atoms with van der Waals surface area (Å²) < 4.78 is 36.9. The van der Waals surface area contributed by atoms with Crippen LogP contribution < -0.4 is 4.90 Å². The number of hydrogen-bond acceptors (Lipinski definition) is 7. The molecule has 0 unspecified atom stereocenters. The van der Waals surface area contributed by atoms with E-state index in [-0.39, 0.29) is 17.1 Å². The van der Waals surface area contributed by atoms with Crippen molar-refractivity contribution in [2.75, 3.05) is 45.3 Å². The van der Waals surface area contributed by atoms with E-state index in [1.54, 1.807) is 30.5 Å². The van der Waals surface area contributed by atoms with Gasteiger partial charge in [-0.2, -0.15) is 0 Å². The zero-order valence-corrected chi connectivity index (χ0v) is 16.7. The Morgan fingerprint density at radius 3 is 2.61 bits per heavy atom. The van der Waals surface area contributed by atoms with E-state index in [9.17, 15) is 13.2 Å². The molecule has 0 saturated carbocycles. The fourth-order valence-corrected chi connectivity index (χ4v) is 3.76. The number of carbonyl (C=O) groups excluding carboxylic acids is 1. The molecule has 2 heterocycles. The Bertz CT molecular complexity index is 926. The van der Waals surface area contributed by atoms with Crippen molar-refractivity contribution >= 4 is 21.7 Å². The summed E-state index contributed by atoms with van der Waals surface area (Å²) in [6.07, 6.45) is 1.62. The summed E-state index contributed by atoms with van der Waals surface area (Å²) in [6, 6.07) is 9.87. The highest BCUT2D eigenvalue weighted by Gasteiger charge is 2.25. The first-order valence-corrected chi connectivity index (χ1v) is 10.3. The maximum Gasteiger partial charge on any atom is 0.340 e. The smallest absolute Gasteiger partial charge is 0.340 e. The van der Waals surface area contributed by atoms with Gasteiger partial charge in [-0.25, -0.2) is 17.5 Å². The molecule has 0 spiro atoms. The molecule has 0 N–H and O–H groups in total. The third-order valence-electron chi connectivity index (χ3n) is 4.40. The van der Waals surface area contributed by atoms with E-state index in [1.165, 1.54) is 26.2 Å². The Morgan fingerprint density at radius 2 is 1.96 bits per heavy atom. The molecule has 1 aromatic carbocycles. The Labute approximate surface area is 164 Å². The van der Waals surface area contributed by atoms with Crippen LogP contribution >= 0.6 is 0 Å². The van der Waals surface area contributed by atoms with Crippen molar-refractivity contribution in [1.29, 1.82) is 0 Å². The number of hydrogen-bond donors (Lipinski definition) is 0. The molecule has 1 fully saturated rings. The summed E-state index contributed by atoms with van der Waals surface area (Å²) in [7, 11) is -0.780. The third-order valence-corrected chi connectivity index (χ3v) is 6.21. The molecule has 1 aliphatic rings. The average molecular weight is 405 g/mol. The molecule has 0 amide bonds. The Balaban J connectivity index is 1.93. The molecule has 9 heteroatoms. The molecule has 1 aliphatic heterocycles. The standard InChI is InChI=1S/C19H23N3O5S/c1-21(2)28(24,25)16-6-7-18(22-9-11-26-12-10-22)17(13-16)19(23)27-14-15-5-3-4-8-20-15/h3-8,13H,9-12,14H2,1-2H3. The number of aromatic nitrogens is 1. The van der Waals surface area contributed by atoms with Crippen LogP contribution in [0, 0.1) is 0 Å². The zero-order valence-electron chi connectivity index (χ0n) is 15.9. The first-order valence-electron chi connectivity index (χ1n) is 8.86. The molecule has 8 nitrogen and oxygen atoms in total. The second-order valence-corrected chi connectivity index (χ2v) is 8.61. The number of ether oxygens (including phenoxy) is 2. The lowest BCUT2D eigenvalue weighted by Crippen LogP contribution is -2.37. The van der Waals surface area contributed by atoms with Gasteiger partial charge in [0.05, 0.1) is 35.1 Å². The van der Waals surface area contributed by atoms with E-state index in [2.05, 4.69) is 4.98 Å². The lowest BCUT2D eigenvalue weighted by molar-refractivity contribution is 0.0467. The molecule has 3 rings (SSSR count). The van der Waals surface area contributed by atoms with Gasteiger partial charge in [0.15, 0.2) is 0 Å². The maximum absolute atomic E-state index is 12.8. The highest BCUT2D eigenvalue weighted by atomic mass is 32.2. The van der Waals surface area contributed by atoms with Crippen molar-refractivity contribution in [2.24, 2.45) is 0 Å². The van der Waals surface area contributed by atoms with Crippen LogP contribution in [0.4, 0.5) is 5.69 Å². The largest absolute Gasteiger partial charge is 0.456 e. The number of esters is 1. The molecular weight excluding hydrogens is 382 g/mol. The Kier molecular flexibility index (Phi) is 6.28. The van der Waals surface area contributed by atoms with Gasteiger partial charge in [-0.3, -0.25) is 4.98 Å². The van der Waals surface area contributed by atoms with Gasteiger partial charge in [-0.1, -0.05) is 6.07 Å². The maximum atomic E-state index is 12.8. The van der Waals surface area contributed by atoms with Crippen LogP contribution in [0.15, 0.2) is 47.5 Å². The van der Waals surface area contributed by atoms with Gasteiger partial charge in [-0.05, 0) is 30.3 Å². The number of morpholine rings is 1. The van der Waals surface area contributed by atoms with Gasteiger partial charge >= 0.3 is 5.97 Å². The summed E-state index contributed by atoms with van der Waals surface area (Å²) in [6.45, 7) is 2.31. The summed E-state index contributed by atoms with van der Waals surface area (Å²) in [4.78, 5) is 19.0. The summed E-state index contributed by atoms with van der Waals surface area (Å²) in [5.41, 5.74) is 1.45. The predicted molar refractivity (Wildman–Crippen MR) is 104 cm³/mol. The van der Waals surface area contributed by atoms with Gasteiger partial charge in [0.25, 0.3) is 0 Å². The molecular formula is C19H23N3O5S. The second-order valence-electron chi connectivity index (χ2n) is 6.46. The van der Waals surface area contributed by atoms with E-state index < -0.39 is 16.0 Å². The Hall–Kier alpha value is -2.49. The number of anilines is 1. The van der Waals surface area contributed by atoms with Crippen molar-refractivity contribution in [3.63, 3.8) is 0 Å². The zero-order chi connectivity index (χ0) is 20.1. The lowest BCUT2D eigenvalue weighted by Gasteiger charge is -2.30. The van der Waals surface area contributed by atoms with Crippen molar-refractivity contribution in [1.82, 2.24) is 9.29 Å². The van der Waals surface area contributed by atoms with Crippen LogP contribution in [0.1, 0.15) is 16.1 Å². The van der Waals surface area contributed by atoms with E-state index >= 15 is 0 Å². The van der Waals surface area contributed by atoms with Gasteiger partial charge in [0, 0.05) is 33.4 Å². The van der Waals surface area contributed by atoms with Crippen LogP contribution in [-0.4, -0.2) is 64.1 Å². The first-order chi connectivity index (χ1) is 13.4. The van der Waals surface area contributed by atoms with Crippen molar-refractivity contribution in [3.05, 3.63) is 53.9 Å². The van der Waals surface area contributed by atoms with Gasteiger partial charge in [0.1, 0.15) is 6.61 Å². The fraction of sp³-hybridized carbons (Fsp3) is 0.368. The van der Waals surface area contributed by atoms with Crippen LogP contribution in [0.25, 0.3) is 0 Å². The summed E-state index contributed by atoms with van der Waals surface area (Å²) in [5, 5.41) is 0. The number of rotatable bonds is 6. The SMILES string of the molecule is CN(C)S(=O)(=O)c1ccc(N2CCOCC2)c(C(=O)OCc2ccccn2)c1. The first kappa shape index (κ1) is 20.2. The molecule has 0 bridgehead atoms. The minimum atomic E-state index is -3.68. The molecule has 150 valence electrons. The van der Waals surface area contributed by atoms with Crippen molar-refractivity contribution in [2.45, 2.75) is 11.5 Å². The quantitative estimate of drug-likeness (QED) is 0.673. The van der Waals surface area contributed by atoms with Crippen LogP contribution in [-0.2, 0) is 26.1 Å². The molecule has 2 aromatic rings. The third kappa shape index (κ3) is 4.49. The van der Waals surface area contributed by atoms with E-state index in [4.69, 9.17) is 9.47 Å². The Morgan fingerprint density at radius 1 is 1.21 bits per heavy atom. The van der Waals surface area contributed by atoms with Crippen LogP contribution in [0.3, 0.4) is 0 Å². The van der Waals surface area contributed by atoms with E-state index in [1.807, 2.05) is 4.90 Å². The lowest BCUT2D eigenvalue weighted by atomic mass is 10.1. The monoisotopic (exact) mass is 405 g/mol. The summed E-state index contributed by atoms with van der Waals surface area (Å²) >= 11 is 0. The summed E-state index contributed by atoms with van der Waals surface area (Å²) in [5.74, 6) is -0.594. The molecule has 0 radical (unpaired) electrons. The van der Waals surface area contributed by atoms with Crippen LogP contribution in [0.2, 0.25) is 0 Å². The predicted octanol–water partition coefficient (Wildman–Crippen LogP) is 1.53. The minimum absolute atomic E-state index is 0.00683. The van der Waals surface area contributed by atoms with Gasteiger partial charge in [-0.15, -0.1) is 0 Å². The highest BCUT2D eigenvalue weighted by Crippen LogP contribution is 2.27. The van der Waals surface area contributed by atoms with Crippen LogP contribution in [0.5, 0.6) is 0 Å². The molecule has 1 saturated heterocycles. The minimum Gasteiger partial charge on any atom is -0.456 e. The van der Waals surface area contributed by atoms with Crippen molar-refractivity contribution in [3.8, 4) is 0 Å². The van der Waals surface area contributed by atoms with Gasteiger partial charge < -0.3 is 14.4 Å². The van der Waals surface area contributed by atoms with E-state index in [0.29, 0.717) is 37.7 Å². The molecule has 1 aromatic heterocycles.